The number of nitrogens with zero attached hydrogens (tertiary/aromatic N) is 3. The summed E-state index contributed by atoms with van der Waals surface area (Å²) in [6.07, 6.45) is 0. The van der Waals surface area contributed by atoms with E-state index in [-0.39, 0.29) is 17.6 Å². The van der Waals surface area contributed by atoms with E-state index in [4.69, 9.17) is 4.52 Å². The molecule has 1 aromatic heterocycles. The van der Waals surface area contributed by atoms with Crippen LogP contribution in [0.3, 0.4) is 0 Å². The molecule has 32 heavy (non-hydrogen) atoms. The summed E-state index contributed by atoms with van der Waals surface area (Å²) in [4.78, 5) is 30.0. The second-order valence-corrected chi connectivity index (χ2v) is 8.34. The molecule has 1 atom stereocenters. The highest BCUT2D eigenvalue weighted by Crippen LogP contribution is 2.25. The van der Waals surface area contributed by atoms with Gasteiger partial charge in [0, 0.05) is 37.9 Å². The molecule has 0 saturated carbocycles. The highest BCUT2D eigenvalue weighted by molar-refractivity contribution is 5.96. The molecule has 2 aromatic carbocycles. The van der Waals surface area contributed by atoms with Gasteiger partial charge in [0.15, 0.2) is 0 Å². The van der Waals surface area contributed by atoms with E-state index in [1.807, 2.05) is 56.3 Å². The van der Waals surface area contributed by atoms with Gasteiger partial charge in [-0.05, 0) is 49.6 Å². The predicted octanol–water partition coefficient (Wildman–Crippen LogP) is 3.74. The third-order valence-corrected chi connectivity index (χ3v) is 5.66. The van der Waals surface area contributed by atoms with Crippen LogP contribution in [0.25, 0.3) is 0 Å². The van der Waals surface area contributed by atoms with E-state index in [2.05, 4.69) is 21.4 Å². The number of piperazine rings is 1. The molecule has 4 rings (SSSR count). The number of nitrogens with one attached hydrogen (secondary N) is 1. The Morgan fingerprint density at radius 1 is 0.938 bits per heavy atom. The highest BCUT2D eigenvalue weighted by atomic mass is 16.5. The van der Waals surface area contributed by atoms with Gasteiger partial charge >= 0.3 is 0 Å². The first-order chi connectivity index (χ1) is 15.4. The van der Waals surface area contributed by atoms with Gasteiger partial charge in [-0.25, -0.2) is 0 Å². The molecular weight excluding hydrogens is 404 g/mol. The number of hydrogen-bond donors (Lipinski definition) is 1. The molecule has 1 aliphatic heterocycles. The minimum atomic E-state index is -0.443. The standard InChI is InChI=1S/C25H28N4O3/c1-17-13-18(2)15-21(14-17)26-24(30)23(20-7-5-4-6-8-20)28-9-11-29(12-10-28)25(31)22-16-19(3)27-32-22/h4-8,13-16,23H,9-12H2,1-3H3,(H,26,30). The summed E-state index contributed by atoms with van der Waals surface area (Å²) in [6.45, 7) is 8.01. The predicted molar refractivity (Wildman–Crippen MR) is 122 cm³/mol. The summed E-state index contributed by atoms with van der Waals surface area (Å²) in [7, 11) is 0. The molecule has 2 heterocycles. The summed E-state index contributed by atoms with van der Waals surface area (Å²) in [5, 5.41) is 6.90. The number of carbonyl (C=O) groups is 2. The van der Waals surface area contributed by atoms with Crippen molar-refractivity contribution in [1.82, 2.24) is 15.0 Å². The number of aromatic nitrogens is 1. The lowest BCUT2D eigenvalue weighted by atomic mass is 10.0. The lowest BCUT2D eigenvalue weighted by Crippen LogP contribution is -2.51. The Bertz CT molecular complexity index is 1080. The van der Waals surface area contributed by atoms with Crippen LogP contribution in [0, 0.1) is 20.8 Å². The van der Waals surface area contributed by atoms with Crippen molar-refractivity contribution in [2.75, 3.05) is 31.5 Å². The Labute approximate surface area is 188 Å². The monoisotopic (exact) mass is 432 g/mol. The smallest absolute Gasteiger partial charge is 0.292 e. The number of benzene rings is 2. The Morgan fingerprint density at radius 2 is 1.59 bits per heavy atom. The Balaban J connectivity index is 1.50. The van der Waals surface area contributed by atoms with Gasteiger partial charge in [-0.3, -0.25) is 14.5 Å². The number of carbonyl (C=O) groups excluding carboxylic acids is 2. The topological polar surface area (TPSA) is 78.7 Å². The summed E-state index contributed by atoms with van der Waals surface area (Å²) in [6, 6.07) is 17.0. The molecular formula is C25H28N4O3. The largest absolute Gasteiger partial charge is 0.351 e. The van der Waals surface area contributed by atoms with Crippen LogP contribution in [0.1, 0.15) is 39.0 Å². The maximum Gasteiger partial charge on any atom is 0.292 e. The third-order valence-electron chi connectivity index (χ3n) is 5.66. The molecule has 2 amide bonds. The molecule has 1 N–H and O–H groups in total. The fourth-order valence-electron chi connectivity index (χ4n) is 4.22. The van der Waals surface area contributed by atoms with E-state index in [1.54, 1.807) is 17.9 Å². The molecule has 7 nitrogen and oxygen atoms in total. The van der Waals surface area contributed by atoms with Crippen molar-refractivity contribution in [3.8, 4) is 0 Å². The summed E-state index contributed by atoms with van der Waals surface area (Å²) >= 11 is 0. The maximum absolute atomic E-state index is 13.4. The van der Waals surface area contributed by atoms with Gasteiger partial charge in [-0.2, -0.15) is 0 Å². The van der Waals surface area contributed by atoms with Crippen LogP contribution in [-0.4, -0.2) is 52.9 Å². The van der Waals surface area contributed by atoms with E-state index < -0.39 is 6.04 Å². The molecule has 0 aliphatic carbocycles. The SMILES string of the molecule is Cc1cc(C)cc(NC(=O)C(c2ccccc2)N2CCN(C(=O)c3cc(C)no3)CC2)c1. The molecule has 1 aliphatic rings. The summed E-state index contributed by atoms with van der Waals surface area (Å²) in [5.41, 5.74) is 4.61. The first kappa shape index (κ1) is 21.8. The van der Waals surface area contributed by atoms with Gasteiger partial charge < -0.3 is 14.7 Å². The van der Waals surface area contributed by atoms with Gasteiger partial charge in [0.05, 0.1) is 5.69 Å². The molecule has 7 heteroatoms. The van der Waals surface area contributed by atoms with Gasteiger partial charge in [-0.15, -0.1) is 0 Å². The Hall–Kier alpha value is -3.45. The minimum Gasteiger partial charge on any atom is -0.351 e. The Morgan fingerprint density at radius 3 is 2.19 bits per heavy atom. The number of amides is 2. The lowest BCUT2D eigenvalue weighted by Gasteiger charge is -2.38. The fourth-order valence-corrected chi connectivity index (χ4v) is 4.22. The summed E-state index contributed by atoms with van der Waals surface area (Å²) in [5.74, 6) is 0.0103. The molecule has 0 spiro atoms. The molecule has 166 valence electrons. The number of hydrogen-bond acceptors (Lipinski definition) is 5. The first-order valence-electron chi connectivity index (χ1n) is 10.8. The summed E-state index contributed by atoms with van der Waals surface area (Å²) < 4.78 is 5.13. The van der Waals surface area contributed by atoms with Crippen molar-refractivity contribution in [1.29, 1.82) is 0 Å². The number of anilines is 1. The number of aryl methyl sites for hydroxylation is 3. The normalized spacial score (nSPS) is 15.4. The van der Waals surface area contributed by atoms with Crippen LogP contribution < -0.4 is 5.32 Å². The van der Waals surface area contributed by atoms with Gasteiger partial charge in [-0.1, -0.05) is 41.6 Å². The average molecular weight is 433 g/mol. The van der Waals surface area contributed by atoms with Crippen LogP contribution in [-0.2, 0) is 4.79 Å². The zero-order valence-corrected chi connectivity index (χ0v) is 18.7. The van der Waals surface area contributed by atoms with E-state index in [0.717, 1.165) is 22.4 Å². The van der Waals surface area contributed by atoms with Crippen molar-refractivity contribution in [3.05, 3.63) is 82.7 Å². The van der Waals surface area contributed by atoms with E-state index in [0.29, 0.717) is 31.9 Å². The van der Waals surface area contributed by atoms with Crippen LogP contribution in [0.5, 0.6) is 0 Å². The van der Waals surface area contributed by atoms with Gasteiger partial charge in [0.25, 0.3) is 5.91 Å². The van der Waals surface area contributed by atoms with Crippen LogP contribution >= 0.6 is 0 Å². The van der Waals surface area contributed by atoms with Crippen molar-refractivity contribution >= 4 is 17.5 Å². The minimum absolute atomic E-state index is 0.0770. The molecule has 3 aromatic rings. The molecule has 1 saturated heterocycles. The molecule has 1 fully saturated rings. The zero-order valence-electron chi connectivity index (χ0n) is 18.7. The van der Waals surface area contributed by atoms with Crippen LogP contribution in [0.15, 0.2) is 59.1 Å². The fraction of sp³-hybridized carbons (Fsp3) is 0.320. The lowest BCUT2D eigenvalue weighted by molar-refractivity contribution is -0.122. The quantitative estimate of drug-likeness (QED) is 0.665. The number of rotatable bonds is 5. The van der Waals surface area contributed by atoms with E-state index >= 15 is 0 Å². The second kappa shape index (κ2) is 9.36. The Kier molecular flexibility index (Phi) is 6.37. The van der Waals surface area contributed by atoms with Gasteiger partial charge in [0.2, 0.25) is 11.7 Å². The highest BCUT2D eigenvalue weighted by Gasteiger charge is 2.32. The zero-order chi connectivity index (χ0) is 22.7. The third kappa shape index (κ3) is 4.89. The molecule has 0 bridgehead atoms. The van der Waals surface area contributed by atoms with Crippen LogP contribution in [0.4, 0.5) is 5.69 Å². The average Bonchev–Trinajstić information content (AvgIpc) is 3.20. The second-order valence-electron chi connectivity index (χ2n) is 8.34. The van der Waals surface area contributed by atoms with Crippen molar-refractivity contribution in [3.63, 3.8) is 0 Å². The maximum atomic E-state index is 13.4. The van der Waals surface area contributed by atoms with Crippen LogP contribution in [0.2, 0.25) is 0 Å². The van der Waals surface area contributed by atoms with Crippen molar-refractivity contribution in [2.45, 2.75) is 26.8 Å². The molecule has 0 radical (unpaired) electrons. The first-order valence-corrected chi connectivity index (χ1v) is 10.8. The van der Waals surface area contributed by atoms with Crippen molar-refractivity contribution < 1.29 is 14.1 Å². The van der Waals surface area contributed by atoms with Crippen molar-refractivity contribution in [2.24, 2.45) is 0 Å². The molecule has 1 unspecified atom stereocenters. The van der Waals surface area contributed by atoms with E-state index in [9.17, 15) is 9.59 Å². The van der Waals surface area contributed by atoms with E-state index in [1.165, 1.54) is 0 Å². The van der Waals surface area contributed by atoms with Gasteiger partial charge in [0.1, 0.15) is 6.04 Å².